The van der Waals surface area contributed by atoms with Gasteiger partial charge in [-0.15, -0.1) is 0 Å². The van der Waals surface area contributed by atoms with Crippen molar-refractivity contribution in [3.63, 3.8) is 0 Å². The van der Waals surface area contributed by atoms with E-state index in [0.29, 0.717) is 43.4 Å². The van der Waals surface area contributed by atoms with Crippen LogP contribution in [0.1, 0.15) is 12.8 Å². The molecule has 1 fully saturated rings. The molecule has 0 unspecified atom stereocenters. The summed E-state index contributed by atoms with van der Waals surface area (Å²) in [7, 11) is -3.08. The number of ether oxygens (including phenoxy) is 1. The molecule has 0 saturated carbocycles. The van der Waals surface area contributed by atoms with Gasteiger partial charge in [0.25, 0.3) is 0 Å². The SMILES string of the molecule is CS(=O)(=O)CC1(CNc2ncnc3cc(Cl)ccc23)CCOCC1. The third-order valence-corrected chi connectivity index (χ3v) is 5.72. The van der Waals surface area contributed by atoms with Gasteiger partial charge in [0.15, 0.2) is 0 Å². The molecule has 2 heterocycles. The van der Waals surface area contributed by atoms with Crippen molar-refractivity contribution in [2.75, 3.05) is 37.1 Å². The molecule has 24 heavy (non-hydrogen) atoms. The van der Waals surface area contributed by atoms with Crippen LogP contribution in [0.5, 0.6) is 0 Å². The topological polar surface area (TPSA) is 81.2 Å². The summed E-state index contributed by atoms with van der Waals surface area (Å²) in [6, 6.07) is 5.44. The van der Waals surface area contributed by atoms with Gasteiger partial charge in [-0.2, -0.15) is 0 Å². The molecule has 1 aliphatic rings. The van der Waals surface area contributed by atoms with E-state index in [-0.39, 0.29) is 11.2 Å². The Morgan fingerprint density at radius 3 is 2.75 bits per heavy atom. The van der Waals surface area contributed by atoms with Crippen molar-refractivity contribution in [1.29, 1.82) is 0 Å². The molecule has 1 aliphatic heterocycles. The highest BCUT2D eigenvalue weighted by molar-refractivity contribution is 7.90. The zero-order valence-corrected chi connectivity index (χ0v) is 15.0. The van der Waals surface area contributed by atoms with Gasteiger partial charge in [0.05, 0.1) is 11.3 Å². The average molecular weight is 370 g/mol. The smallest absolute Gasteiger partial charge is 0.148 e. The second-order valence-corrected chi connectivity index (χ2v) is 9.00. The van der Waals surface area contributed by atoms with Gasteiger partial charge in [-0.3, -0.25) is 0 Å². The highest BCUT2D eigenvalue weighted by atomic mass is 35.5. The lowest BCUT2D eigenvalue weighted by atomic mass is 9.82. The van der Waals surface area contributed by atoms with Crippen molar-refractivity contribution in [2.45, 2.75) is 12.8 Å². The maximum Gasteiger partial charge on any atom is 0.148 e. The van der Waals surface area contributed by atoms with Gasteiger partial charge in [0.1, 0.15) is 22.0 Å². The molecule has 0 spiro atoms. The molecule has 2 aromatic rings. The van der Waals surface area contributed by atoms with Gasteiger partial charge in [-0.1, -0.05) is 11.6 Å². The summed E-state index contributed by atoms with van der Waals surface area (Å²) in [6.45, 7) is 1.69. The summed E-state index contributed by atoms with van der Waals surface area (Å²) in [5, 5.41) is 4.81. The van der Waals surface area contributed by atoms with Gasteiger partial charge in [-0.05, 0) is 31.0 Å². The third-order valence-electron chi connectivity index (χ3n) is 4.35. The minimum atomic E-state index is -3.08. The first-order valence-electron chi connectivity index (χ1n) is 7.77. The van der Waals surface area contributed by atoms with Crippen LogP contribution in [-0.2, 0) is 14.6 Å². The summed E-state index contributed by atoms with van der Waals surface area (Å²) in [4.78, 5) is 8.53. The van der Waals surface area contributed by atoms with Crippen LogP contribution in [0.15, 0.2) is 24.5 Å². The van der Waals surface area contributed by atoms with Gasteiger partial charge < -0.3 is 10.1 Å². The van der Waals surface area contributed by atoms with Crippen molar-refractivity contribution in [2.24, 2.45) is 5.41 Å². The second-order valence-electron chi connectivity index (χ2n) is 6.42. The molecule has 0 atom stereocenters. The van der Waals surface area contributed by atoms with E-state index in [2.05, 4.69) is 15.3 Å². The predicted molar refractivity (Wildman–Crippen MR) is 95.2 cm³/mol. The quantitative estimate of drug-likeness (QED) is 0.872. The average Bonchev–Trinajstić information content (AvgIpc) is 2.52. The normalized spacial score (nSPS) is 17.8. The Bertz CT molecular complexity index is 836. The Morgan fingerprint density at radius 2 is 2.04 bits per heavy atom. The van der Waals surface area contributed by atoms with Crippen LogP contribution in [0.3, 0.4) is 0 Å². The maximum atomic E-state index is 11.9. The first kappa shape index (κ1) is 17.4. The molecule has 3 rings (SSSR count). The fourth-order valence-corrected chi connectivity index (χ4v) is 4.84. The number of nitrogens with zero attached hydrogens (tertiary/aromatic N) is 2. The Balaban J connectivity index is 1.84. The number of hydrogen-bond donors (Lipinski definition) is 1. The predicted octanol–water partition coefficient (Wildman–Crippen LogP) is 2.54. The standard InChI is InChI=1S/C16H20ClN3O3S/c1-24(21,22)10-16(4-6-23-7-5-16)9-18-15-13-3-2-12(17)8-14(13)19-11-20-15/h2-3,8,11H,4-7,9-10H2,1H3,(H,18,19,20). The summed E-state index contributed by atoms with van der Waals surface area (Å²) >= 11 is 6.00. The minimum absolute atomic E-state index is 0.144. The van der Waals surface area contributed by atoms with E-state index in [9.17, 15) is 8.42 Å². The van der Waals surface area contributed by atoms with E-state index in [0.717, 1.165) is 10.9 Å². The first-order valence-corrected chi connectivity index (χ1v) is 10.2. The zero-order valence-electron chi connectivity index (χ0n) is 13.5. The Hall–Kier alpha value is -1.44. The number of sulfone groups is 1. The highest BCUT2D eigenvalue weighted by Crippen LogP contribution is 2.33. The van der Waals surface area contributed by atoms with Gasteiger partial charge in [-0.25, -0.2) is 18.4 Å². The fraction of sp³-hybridized carbons (Fsp3) is 0.500. The Labute approximate surface area is 146 Å². The van der Waals surface area contributed by atoms with Crippen LogP contribution < -0.4 is 5.32 Å². The van der Waals surface area contributed by atoms with Crippen molar-refractivity contribution in [3.8, 4) is 0 Å². The van der Waals surface area contributed by atoms with Crippen LogP contribution in [0, 0.1) is 5.41 Å². The summed E-state index contributed by atoms with van der Waals surface area (Å²) in [5.41, 5.74) is 0.416. The van der Waals surface area contributed by atoms with Crippen LogP contribution in [0.2, 0.25) is 5.02 Å². The summed E-state index contributed by atoms with van der Waals surface area (Å²) in [6.07, 6.45) is 4.18. The molecular weight excluding hydrogens is 350 g/mol. The number of benzene rings is 1. The highest BCUT2D eigenvalue weighted by Gasteiger charge is 2.36. The lowest BCUT2D eigenvalue weighted by molar-refractivity contribution is 0.0315. The molecule has 6 nitrogen and oxygen atoms in total. The van der Waals surface area contributed by atoms with E-state index in [4.69, 9.17) is 16.3 Å². The third kappa shape index (κ3) is 4.15. The molecule has 0 radical (unpaired) electrons. The Kier molecular flexibility index (Phi) is 4.94. The van der Waals surface area contributed by atoms with Crippen LogP contribution in [0.4, 0.5) is 5.82 Å². The van der Waals surface area contributed by atoms with Gasteiger partial charge in [0.2, 0.25) is 0 Å². The molecule has 1 N–H and O–H groups in total. The summed E-state index contributed by atoms with van der Waals surface area (Å²) in [5.74, 6) is 0.835. The van der Waals surface area contributed by atoms with E-state index >= 15 is 0 Å². The van der Waals surface area contributed by atoms with Crippen LogP contribution in [0.25, 0.3) is 10.9 Å². The largest absolute Gasteiger partial charge is 0.381 e. The lowest BCUT2D eigenvalue weighted by Gasteiger charge is -2.36. The number of halogens is 1. The van der Waals surface area contributed by atoms with Crippen molar-refractivity contribution in [3.05, 3.63) is 29.5 Å². The van der Waals surface area contributed by atoms with Crippen LogP contribution >= 0.6 is 11.6 Å². The van der Waals surface area contributed by atoms with Gasteiger partial charge >= 0.3 is 0 Å². The minimum Gasteiger partial charge on any atom is -0.381 e. The number of rotatable bonds is 5. The van der Waals surface area contributed by atoms with E-state index in [1.54, 1.807) is 12.1 Å². The monoisotopic (exact) mass is 369 g/mol. The fourth-order valence-electron chi connectivity index (χ4n) is 3.18. The Morgan fingerprint density at radius 1 is 1.29 bits per heavy atom. The molecular formula is C16H20ClN3O3S. The van der Waals surface area contributed by atoms with Gasteiger partial charge in [0, 0.05) is 41.8 Å². The maximum absolute atomic E-state index is 11.9. The molecule has 1 aromatic carbocycles. The number of fused-ring (bicyclic) bond motifs is 1. The molecule has 8 heteroatoms. The molecule has 0 aliphatic carbocycles. The zero-order chi connectivity index (χ0) is 17.2. The van der Waals surface area contributed by atoms with Crippen molar-refractivity contribution < 1.29 is 13.2 Å². The molecule has 0 bridgehead atoms. The number of nitrogens with one attached hydrogen (secondary N) is 1. The molecule has 1 aromatic heterocycles. The first-order chi connectivity index (χ1) is 11.4. The van der Waals surface area contributed by atoms with Crippen molar-refractivity contribution in [1.82, 2.24) is 9.97 Å². The lowest BCUT2D eigenvalue weighted by Crippen LogP contribution is -2.41. The van der Waals surface area contributed by atoms with E-state index < -0.39 is 9.84 Å². The second kappa shape index (κ2) is 6.82. The summed E-state index contributed by atoms with van der Waals surface area (Å²) < 4.78 is 29.1. The van der Waals surface area contributed by atoms with E-state index in [1.165, 1.54) is 12.6 Å². The van der Waals surface area contributed by atoms with Crippen molar-refractivity contribution >= 4 is 38.2 Å². The number of hydrogen-bond acceptors (Lipinski definition) is 6. The van der Waals surface area contributed by atoms with Crippen LogP contribution in [-0.4, -0.2) is 50.2 Å². The molecule has 0 amide bonds. The molecule has 1 saturated heterocycles. The number of aromatic nitrogens is 2. The number of anilines is 1. The molecule has 130 valence electrons. The van der Waals surface area contributed by atoms with E-state index in [1.807, 2.05) is 6.07 Å².